The van der Waals surface area contributed by atoms with Crippen LogP contribution in [0.4, 0.5) is 0 Å². The number of amides is 1. The van der Waals surface area contributed by atoms with E-state index in [2.05, 4.69) is 0 Å². The number of carboxylic acid groups (broad SMARTS) is 1. The Morgan fingerprint density at radius 1 is 1.56 bits per heavy atom. The van der Waals surface area contributed by atoms with Crippen LogP contribution in [0.1, 0.15) is 20.3 Å². The normalized spacial score (nSPS) is 39.1. The molecule has 0 saturated carbocycles. The van der Waals surface area contributed by atoms with Gasteiger partial charge in [0.25, 0.3) is 0 Å². The maximum absolute atomic E-state index is 12.1. The van der Waals surface area contributed by atoms with E-state index in [1.807, 2.05) is 0 Å². The molecule has 2 fully saturated rings. The molecule has 0 aromatic carbocycles. The summed E-state index contributed by atoms with van der Waals surface area (Å²) in [6, 6.07) is -1.41. The minimum atomic E-state index is -3.89. The summed E-state index contributed by atoms with van der Waals surface area (Å²) in [5, 5.41) is 9.02. The van der Waals surface area contributed by atoms with Crippen LogP contribution in [-0.4, -0.2) is 46.1 Å². The average Bonchev–Trinajstić information content (AvgIpc) is 2.20. The monoisotopic (exact) mass is 248 g/mol. The predicted octanol–water partition coefficient (Wildman–Crippen LogP) is -1.51. The van der Waals surface area contributed by atoms with Crippen molar-refractivity contribution in [3.05, 3.63) is 0 Å². The number of β-lactam (4-membered cyclic amide) rings is 1. The molecule has 0 radical (unpaired) electrons. The second-order valence-electron chi connectivity index (χ2n) is 4.63. The van der Waals surface area contributed by atoms with Crippen LogP contribution >= 0.6 is 0 Å². The number of carbonyl (C=O) groups is 2. The van der Waals surface area contributed by atoms with Crippen molar-refractivity contribution in [1.82, 2.24) is 4.90 Å². The highest BCUT2D eigenvalue weighted by Gasteiger charge is 2.75. The zero-order valence-corrected chi connectivity index (χ0v) is 9.61. The second-order valence-corrected chi connectivity index (χ2v) is 7.40. The van der Waals surface area contributed by atoms with Crippen molar-refractivity contribution in [3.8, 4) is 0 Å². The van der Waals surface area contributed by atoms with Gasteiger partial charge in [0.05, 0.1) is 6.42 Å². The summed E-state index contributed by atoms with van der Waals surface area (Å²) >= 11 is 0. The molecule has 0 aromatic heterocycles. The van der Waals surface area contributed by atoms with Crippen LogP contribution in [-0.2, 0) is 19.4 Å². The summed E-state index contributed by atoms with van der Waals surface area (Å²) in [5.74, 6) is -1.89. The Morgan fingerprint density at radius 3 is 2.38 bits per heavy atom. The van der Waals surface area contributed by atoms with Crippen LogP contribution in [0.2, 0.25) is 0 Å². The van der Waals surface area contributed by atoms with Gasteiger partial charge in [0, 0.05) is 0 Å². The molecular formula is C8H12N2O5S. The molecule has 3 N–H and O–H groups in total. The predicted molar refractivity (Wildman–Crippen MR) is 52.8 cm³/mol. The fourth-order valence-electron chi connectivity index (χ4n) is 2.42. The molecule has 2 saturated heterocycles. The SMILES string of the molecule is CC1(C)[C@H](C(=O)O)N2C(=O)CC2(N)S1(=O)=O. The number of sulfone groups is 1. The molecule has 90 valence electrons. The van der Waals surface area contributed by atoms with Gasteiger partial charge in [-0.25, -0.2) is 13.2 Å². The molecule has 1 unspecified atom stereocenters. The Balaban J connectivity index is 2.67. The lowest BCUT2D eigenvalue weighted by Gasteiger charge is -2.43. The summed E-state index contributed by atoms with van der Waals surface area (Å²) in [5.41, 5.74) is 5.63. The largest absolute Gasteiger partial charge is 0.480 e. The van der Waals surface area contributed by atoms with Gasteiger partial charge in [-0.05, 0) is 13.8 Å². The van der Waals surface area contributed by atoms with Gasteiger partial charge in [0.1, 0.15) is 4.75 Å². The zero-order valence-electron chi connectivity index (χ0n) is 8.80. The van der Waals surface area contributed by atoms with Crippen LogP contribution in [0, 0.1) is 0 Å². The topological polar surface area (TPSA) is 118 Å². The molecule has 16 heavy (non-hydrogen) atoms. The van der Waals surface area contributed by atoms with Gasteiger partial charge >= 0.3 is 5.97 Å². The third-order valence-electron chi connectivity index (χ3n) is 3.39. The smallest absolute Gasteiger partial charge is 0.328 e. The van der Waals surface area contributed by atoms with Crippen molar-refractivity contribution < 1.29 is 23.1 Å². The molecule has 2 rings (SSSR count). The van der Waals surface area contributed by atoms with Crippen LogP contribution in [0.3, 0.4) is 0 Å². The minimum Gasteiger partial charge on any atom is -0.480 e. The van der Waals surface area contributed by atoms with Gasteiger partial charge in [-0.3, -0.25) is 15.4 Å². The van der Waals surface area contributed by atoms with Gasteiger partial charge < -0.3 is 5.11 Å². The molecule has 0 spiro atoms. The van der Waals surface area contributed by atoms with Gasteiger partial charge in [0.2, 0.25) is 10.9 Å². The summed E-state index contributed by atoms with van der Waals surface area (Å²) in [6.07, 6.45) is -0.345. The number of nitrogens with two attached hydrogens (primary N) is 1. The van der Waals surface area contributed by atoms with Crippen molar-refractivity contribution in [2.75, 3.05) is 0 Å². The van der Waals surface area contributed by atoms with Gasteiger partial charge in [-0.2, -0.15) is 0 Å². The van der Waals surface area contributed by atoms with Gasteiger partial charge in [-0.1, -0.05) is 0 Å². The molecule has 2 aliphatic rings. The van der Waals surface area contributed by atoms with Crippen molar-refractivity contribution >= 4 is 21.7 Å². The summed E-state index contributed by atoms with van der Waals surface area (Å²) in [4.78, 5) is 21.3. The van der Waals surface area contributed by atoms with E-state index in [4.69, 9.17) is 10.8 Å². The maximum atomic E-state index is 12.1. The van der Waals surface area contributed by atoms with E-state index in [0.717, 1.165) is 4.90 Å². The van der Waals surface area contributed by atoms with Crippen LogP contribution < -0.4 is 5.73 Å². The molecule has 0 bridgehead atoms. The molecular weight excluding hydrogens is 236 g/mol. The maximum Gasteiger partial charge on any atom is 0.328 e. The Labute approximate surface area is 92.1 Å². The van der Waals surface area contributed by atoms with E-state index >= 15 is 0 Å². The minimum absolute atomic E-state index is 0.345. The Morgan fingerprint density at radius 2 is 2.06 bits per heavy atom. The summed E-state index contributed by atoms with van der Waals surface area (Å²) in [6.45, 7) is 2.56. The highest BCUT2D eigenvalue weighted by Crippen LogP contribution is 2.50. The highest BCUT2D eigenvalue weighted by molar-refractivity contribution is 7.94. The molecule has 8 heteroatoms. The van der Waals surface area contributed by atoms with Crippen LogP contribution in [0.5, 0.6) is 0 Å². The highest BCUT2D eigenvalue weighted by atomic mass is 32.2. The Hall–Kier alpha value is -1.15. The fraction of sp³-hybridized carbons (Fsp3) is 0.750. The molecule has 2 atom stereocenters. The molecule has 0 aliphatic carbocycles. The Kier molecular flexibility index (Phi) is 1.82. The third kappa shape index (κ3) is 0.858. The van der Waals surface area contributed by atoms with Crippen molar-refractivity contribution in [3.63, 3.8) is 0 Å². The summed E-state index contributed by atoms with van der Waals surface area (Å²) in [7, 11) is -3.89. The summed E-state index contributed by atoms with van der Waals surface area (Å²) < 4.78 is 22.6. The van der Waals surface area contributed by atoms with E-state index in [-0.39, 0.29) is 6.42 Å². The van der Waals surface area contributed by atoms with Crippen molar-refractivity contribution in [1.29, 1.82) is 0 Å². The molecule has 2 aliphatic heterocycles. The zero-order chi connectivity index (χ0) is 12.5. The van der Waals surface area contributed by atoms with Gasteiger partial charge in [0.15, 0.2) is 15.9 Å². The fourth-order valence-corrected chi connectivity index (χ4v) is 4.61. The number of carboxylic acids is 1. The number of aliphatic carboxylic acids is 1. The average molecular weight is 248 g/mol. The van der Waals surface area contributed by atoms with Gasteiger partial charge in [-0.15, -0.1) is 0 Å². The number of hydrogen-bond acceptors (Lipinski definition) is 5. The third-order valence-corrected chi connectivity index (χ3v) is 6.27. The Bertz CT molecular complexity index is 497. The molecule has 1 amide bonds. The number of nitrogens with zero attached hydrogens (tertiary/aromatic N) is 1. The molecule has 0 aromatic rings. The first kappa shape index (κ1) is 11.3. The first-order chi connectivity index (χ1) is 7.07. The lowest BCUT2D eigenvalue weighted by molar-refractivity contribution is -0.163. The lowest BCUT2D eigenvalue weighted by atomic mass is 9.97. The number of rotatable bonds is 1. The lowest BCUT2D eigenvalue weighted by Crippen LogP contribution is -2.70. The number of hydrogen-bond donors (Lipinski definition) is 2. The quantitative estimate of drug-likeness (QED) is 0.545. The number of carbonyl (C=O) groups excluding carboxylic acids is 1. The van der Waals surface area contributed by atoms with Crippen molar-refractivity contribution in [2.24, 2.45) is 5.73 Å². The van der Waals surface area contributed by atoms with Crippen LogP contribution in [0.25, 0.3) is 0 Å². The van der Waals surface area contributed by atoms with E-state index < -0.39 is 37.5 Å². The number of fused-ring (bicyclic) bond motifs is 1. The van der Waals surface area contributed by atoms with Crippen LogP contribution in [0.15, 0.2) is 0 Å². The van der Waals surface area contributed by atoms with E-state index in [9.17, 15) is 18.0 Å². The van der Waals surface area contributed by atoms with E-state index in [0.29, 0.717) is 0 Å². The molecule has 2 heterocycles. The standard InChI is InChI=1S/C8H12N2O5S/c1-7(2)5(6(12)13)10-4(11)3-8(10,9)16(7,14)15/h5H,3,9H2,1-2H3,(H,12,13)/t5-,8?/m0/s1. The van der Waals surface area contributed by atoms with Crippen molar-refractivity contribution in [2.45, 2.75) is 36.1 Å². The first-order valence-corrected chi connectivity index (χ1v) is 6.14. The van der Waals surface area contributed by atoms with E-state index in [1.54, 1.807) is 0 Å². The molecule has 7 nitrogen and oxygen atoms in total. The first-order valence-electron chi connectivity index (χ1n) is 4.65. The van der Waals surface area contributed by atoms with E-state index in [1.165, 1.54) is 13.8 Å². The second kappa shape index (κ2) is 2.57.